The van der Waals surface area contributed by atoms with Crippen LogP contribution in [0.15, 0.2) is 65.8 Å². The fourth-order valence-electron chi connectivity index (χ4n) is 3.57. The number of aromatic nitrogens is 6. The Morgan fingerprint density at radius 1 is 1.03 bits per heavy atom. The zero-order chi connectivity index (χ0) is 24.5. The van der Waals surface area contributed by atoms with Gasteiger partial charge in [-0.25, -0.2) is 9.97 Å². The number of ether oxygens (including phenoxy) is 1. The predicted molar refractivity (Wildman–Crippen MR) is 136 cm³/mol. The van der Waals surface area contributed by atoms with Crippen LogP contribution >= 0.6 is 23.2 Å². The van der Waals surface area contributed by atoms with Crippen LogP contribution in [0.3, 0.4) is 0 Å². The van der Waals surface area contributed by atoms with E-state index < -0.39 is 0 Å². The Labute approximate surface area is 210 Å². The van der Waals surface area contributed by atoms with Gasteiger partial charge < -0.3 is 10.1 Å². The molecule has 0 saturated heterocycles. The number of pyridine rings is 2. The maximum atomic E-state index is 13.1. The highest BCUT2D eigenvalue weighted by atomic mass is 35.5. The summed E-state index contributed by atoms with van der Waals surface area (Å²) in [4.78, 5) is 26.3. The van der Waals surface area contributed by atoms with Crippen LogP contribution < -0.4 is 15.6 Å². The summed E-state index contributed by atoms with van der Waals surface area (Å²) < 4.78 is 8.87. The van der Waals surface area contributed by atoms with E-state index in [0.717, 1.165) is 6.54 Å². The zero-order valence-electron chi connectivity index (χ0n) is 18.7. The molecule has 4 aromatic heterocycles. The predicted octanol–water partition coefficient (Wildman–Crippen LogP) is 5.45. The van der Waals surface area contributed by atoms with Gasteiger partial charge in [0.2, 0.25) is 17.7 Å². The largest absolute Gasteiger partial charge is 0.419 e. The summed E-state index contributed by atoms with van der Waals surface area (Å²) in [5, 5.41) is 8.82. The first-order chi connectivity index (χ1) is 16.9. The summed E-state index contributed by atoms with van der Waals surface area (Å²) in [6.45, 7) is 2.75. The first kappa shape index (κ1) is 22.8. The van der Waals surface area contributed by atoms with E-state index in [1.54, 1.807) is 66.6 Å². The maximum absolute atomic E-state index is 13.1. The minimum absolute atomic E-state index is 0.272. The summed E-state index contributed by atoms with van der Waals surface area (Å²) in [6.07, 6.45) is 5.07. The van der Waals surface area contributed by atoms with Crippen molar-refractivity contribution in [3.63, 3.8) is 0 Å². The Morgan fingerprint density at radius 2 is 1.83 bits per heavy atom. The lowest BCUT2D eigenvalue weighted by molar-refractivity contribution is 0.433. The van der Waals surface area contributed by atoms with Crippen LogP contribution in [0, 0.1) is 0 Å². The lowest BCUT2D eigenvalue weighted by atomic mass is 10.1. The molecule has 1 aromatic carbocycles. The molecular weight excluding hydrogens is 489 g/mol. The van der Waals surface area contributed by atoms with Gasteiger partial charge in [0.25, 0.3) is 5.56 Å². The van der Waals surface area contributed by atoms with Crippen LogP contribution in [0.4, 0.5) is 11.6 Å². The zero-order valence-corrected chi connectivity index (χ0v) is 20.2. The number of fused-ring (bicyclic) bond motifs is 1. The van der Waals surface area contributed by atoms with Crippen molar-refractivity contribution in [3.8, 4) is 22.9 Å². The average molecular weight is 508 g/mol. The number of hydrogen-bond donors (Lipinski definition) is 1. The van der Waals surface area contributed by atoms with Crippen molar-refractivity contribution in [2.24, 2.45) is 7.05 Å². The van der Waals surface area contributed by atoms with Crippen LogP contribution in [0.5, 0.6) is 11.8 Å². The lowest BCUT2D eigenvalue weighted by Gasteiger charge is -2.12. The van der Waals surface area contributed by atoms with Crippen LogP contribution in [-0.2, 0) is 13.6 Å². The summed E-state index contributed by atoms with van der Waals surface area (Å²) in [5.41, 5.74) is 1.70. The lowest BCUT2D eigenvalue weighted by Crippen LogP contribution is -2.20. The third-order valence-electron chi connectivity index (χ3n) is 5.32. The second-order valence-corrected chi connectivity index (χ2v) is 8.43. The van der Waals surface area contributed by atoms with Gasteiger partial charge in [0.15, 0.2) is 0 Å². The topological polar surface area (TPSA) is 99.8 Å². The Morgan fingerprint density at radius 3 is 2.51 bits per heavy atom. The molecule has 5 aromatic rings. The number of hydrogen-bond acceptors (Lipinski definition) is 7. The molecule has 0 aliphatic carbocycles. The van der Waals surface area contributed by atoms with Gasteiger partial charge in [0.1, 0.15) is 5.65 Å². The molecule has 0 spiro atoms. The smallest absolute Gasteiger partial charge is 0.259 e. The summed E-state index contributed by atoms with van der Waals surface area (Å²) in [7, 11) is 1.64. The van der Waals surface area contributed by atoms with Crippen molar-refractivity contribution in [1.29, 1.82) is 0 Å². The van der Waals surface area contributed by atoms with Gasteiger partial charge in [0.05, 0.1) is 27.5 Å². The molecule has 0 aliphatic heterocycles. The molecule has 0 radical (unpaired) electrons. The molecular formula is C24H19Cl2N7O2. The number of nitrogens with one attached hydrogen (secondary N) is 1. The van der Waals surface area contributed by atoms with Gasteiger partial charge in [-0.3, -0.25) is 14.0 Å². The SMILES string of the molecule is CCn1ccc(Oc2ccc(Nc3ncc4cc(-c5c(Cl)cccc5Cl)c(=O)n(C)c4n3)cn2)n1. The minimum atomic E-state index is -0.272. The monoisotopic (exact) mass is 507 g/mol. The van der Waals surface area contributed by atoms with Crippen molar-refractivity contribution >= 4 is 45.9 Å². The Balaban J connectivity index is 1.41. The van der Waals surface area contributed by atoms with E-state index >= 15 is 0 Å². The molecule has 35 heavy (non-hydrogen) atoms. The highest BCUT2D eigenvalue weighted by molar-refractivity contribution is 6.39. The fraction of sp³-hybridized carbons (Fsp3) is 0.125. The second-order valence-electron chi connectivity index (χ2n) is 7.61. The molecule has 1 N–H and O–H groups in total. The number of nitrogens with zero attached hydrogens (tertiary/aromatic N) is 6. The average Bonchev–Trinajstić information content (AvgIpc) is 3.31. The molecule has 9 nitrogen and oxygen atoms in total. The molecule has 176 valence electrons. The molecule has 0 saturated carbocycles. The van der Waals surface area contributed by atoms with E-state index in [-0.39, 0.29) is 5.56 Å². The van der Waals surface area contributed by atoms with E-state index in [1.165, 1.54) is 4.57 Å². The Kier molecular flexibility index (Phi) is 6.10. The standard InChI is InChI=1S/C24H19Cl2N7O2/c1-3-33-10-9-20(31-33)35-19-8-7-15(13-27-19)29-24-28-12-14-11-16(23(34)32(2)22(14)30-24)21-17(25)5-4-6-18(21)26/h4-13H,3H2,1-2H3,(H,28,29,30). The summed E-state index contributed by atoms with van der Waals surface area (Å²) in [6, 6.07) is 12.1. The van der Waals surface area contributed by atoms with E-state index in [1.807, 2.05) is 13.1 Å². The van der Waals surface area contributed by atoms with Crippen LogP contribution in [0.1, 0.15) is 6.92 Å². The summed E-state index contributed by atoms with van der Waals surface area (Å²) >= 11 is 12.7. The highest BCUT2D eigenvalue weighted by Crippen LogP contribution is 2.33. The first-order valence-corrected chi connectivity index (χ1v) is 11.4. The third-order valence-corrected chi connectivity index (χ3v) is 5.95. The minimum Gasteiger partial charge on any atom is -0.419 e. The molecule has 0 unspecified atom stereocenters. The van der Waals surface area contributed by atoms with Crippen LogP contribution in [0.25, 0.3) is 22.2 Å². The van der Waals surface area contributed by atoms with Gasteiger partial charge in [-0.2, -0.15) is 4.98 Å². The van der Waals surface area contributed by atoms with E-state index in [0.29, 0.717) is 55.6 Å². The van der Waals surface area contributed by atoms with Gasteiger partial charge in [-0.05, 0) is 31.2 Å². The highest BCUT2D eigenvalue weighted by Gasteiger charge is 2.16. The fourth-order valence-corrected chi connectivity index (χ4v) is 4.17. The summed E-state index contributed by atoms with van der Waals surface area (Å²) in [5.74, 6) is 1.19. The Hall–Kier alpha value is -3.95. The normalized spacial score (nSPS) is 11.1. The number of anilines is 2. The van der Waals surface area contributed by atoms with Crippen molar-refractivity contribution in [2.45, 2.75) is 13.5 Å². The molecule has 0 fully saturated rings. The molecule has 0 bridgehead atoms. The molecule has 0 amide bonds. The second kappa shape index (κ2) is 9.36. The molecule has 5 rings (SSSR count). The number of benzene rings is 1. The molecule has 4 heterocycles. The molecule has 0 atom stereocenters. The number of rotatable bonds is 6. The van der Waals surface area contributed by atoms with Crippen molar-refractivity contribution < 1.29 is 4.74 Å². The Bertz CT molecular complexity index is 1580. The third kappa shape index (κ3) is 4.55. The molecule has 11 heteroatoms. The van der Waals surface area contributed by atoms with Crippen LogP contribution in [0.2, 0.25) is 10.0 Å². The van der Waals surface area contributed by atoms with Gasteiger partial charge in [0, 0.05) is 49.1 Å². The number of aryl methyl sites for hydroxylation is 2. The van der Waals surface area contributed by atoms with E-state index in [9.17, 15) is 4.79 Å². The van der Waals surface area contributed by atoms with E-state index in [2.05, 4.69) is 25.4 Å². The quantitative estimate of drug-likeness (QED) is 0.326. The first-order valence-electron chi connectivity index (χ1n) is 10.7. The van der Waals surface area contributed by atoms with Gasteiger partial charge in [-0.15, -0.1) is 5.10 Å². The maximum Gasteiger partial charge on any atom is 0.259 e. The van der Waals surface area contributed by atoms with Gasteiger partial charge >= 0.3 is 0 Å². The van der Waals surface area contributed by atoms with E-state index in [4.69, 9.17) is 27.9 Å². The number of halogens is 2. The van der Waals surface area contributed by atoms with Crippen molar-refractivity contribution in [2.75, 3.05) is 5.32 Å². The van der Waals surface area contributed by atoms with Crippen molar-refractivity contribution in [3.05, 3.63) is 81.5 Å². The van der Waals surface area contributed by atoms with Crippen molar-refractivity contribution in [1.82, 2.24) is 29.3 Å². The molecule has 0 aliphatic rings. The van der Waals surface area contributed by atoms with Gasteiger partial charge in [-0.1, -0.05) is 29.3 Å². The van der Waals surface area contributed by atoms with Crippen LogP contribution in [-0.4, -0.2) is 29.3 Å².